The minimum Gasteiger partial charge on any atom is -0.481 e. The van der Waals surface area contributed by atoms with E-state index in [1.165, 1.54) is 17.8 Å². The molecule has 2 atom stereocenters. The van der Waals surface area contributed by atoms with Crippen LogP contribution in [0.5, 0.6) is 0 Å². The van der Waals surface area contributed by atoms with Crippen LogP contribution in [-0.4, -0.2) is 60.5 Å². The quantitative estimate of drug-likeness (QED) is 0.0754. The molecule has 1 aliphatic heterocycles. The molecule has 0 bridgehead atoms. The number of rotatable bonds is 16. The summed E-state index contributed by atoms with van der Waals surface area (Å²) in [6, 6.07) is 13.0. The van der Waals surface area contributed by atoms with Gasteiger partial charge in [-0.3, -0.25) is 14.4 Å². The van der Waals surface area contributed by atoms with Gasteiger partial charge in [0.15, 0.2) is 0 Å². The van der Waals surface area contributed by atoms with E-state index in [9.17, 15) is 32.7 Å². The summed E-state index contributed by atoms with van der Waals surface area (Å²) in [5, 5.41) is 16.3. The van der Waals surface area contributed by atoms with Gasteiger partial charge in [-0.2, -0.15) is 30.0 Å². The molecule has 0 aliphatic carbocycles. The second-order valence-corrected chi connectivity index (χ2v) is 14.1. The monoisotopic (exact) mass is 760 g/mol. The number of amides is 2. The number of hydrazone groups is 1. The first-order valence-electron chi connectivity index (χ1n) is 17.1. The van der Waals surface area contributed by atoms with Crippen molar-refractivity contribution in [3.63, 3.8) is 0 Å². The molecule has 0 saturated carbocycles. The Morgan fingerprint density at radius 1 is 1.06 bits per heavy atom. The standard InChI is InChI=1S/C37H44ClF3N6O4S/c1-2-3-7-29(36(50)51)28-11-9-24(17-25(28)21-52-22-26(43)19-42)34(48)45-33-13-10-27(47-14-5-4-6-15-47)18-30(33)35(49)46-44-20-23-8-12-32(38)31(16-23)37(39,40)41/h8-13,16-18,20,26,29H,2-7,14-15,19,21-22,42-43H2,1H3,(H,45,48)(H,46,49)(H,50,51)/b44-20+/t26-,29?/m0/s1. The highest BCUT2D eigenvalue weighted by Gasteiger charge is 2.33. The van der Waals surface area contributed by atoms with Crippen LogP contribution >= 0.6 is 23.4 Å². The van der Waals surface area contributed by atoms with Crippen LogP contribution in [0.15, 0.2) is 59.7 Å². The molecule has 7 N–H and O–H groups in total. The van der Waals surface area contributed by atoms with Gasteiger partial charge in [-0.1, -0.05) is 43.5 Å². The first-order valence-corrected chi connectivity index (χ1v) is 18.6. The minimum atomic E-state index is -4.67. The number of nitrogens with one attached hydrogen (secondary N) is 2. The van der Waals surface area contributed by atoms with Crippen molar-refractivity contribution in [2.45, 2.75) is 69.3 Å². The van der Waals surface area contributed by atoms with Gasteiger partial charge in [0.25, 0.3) is 11.8 Å². The lowest BCUT2D eigenvalue weighted by atomic mass is 9.89. The Bertz CT molecular complexity index is 1750. The number of unbranched alkanes of at least 4 members (excludes halogenated alkanes) is 1. The number of carboxylic acid groups (broad SMARTS) is 1. The summed E-state index contributed by atoms with van der Waals surface area (Å²) in [5.74, 6) is -1.96. The zero-order chi connectivity index (χ0) is 37.8. The number of nitrogens with two attached hydrogens (primary N) is 2. The number of benzene rings is 3. The maximum absolute atomic E-state index is 13.7. The maximum Gasteiger partial charge on any atom is 0.417 e. The molecular formula is C37H44ClF3N6O4S. The van der Waals surface area contributed by atoms with Crippen LogP contribution in [0.1, 0.15) is 94.3 Å². The van der Waals surface area contributed by atoms with Crippen molar-refractivity contribution in [2.24, 2.45) is 16.6 Å². The fraction of sp³-hybridized carbons (Fsp3) is 0.405. The van der Waals surface area contributed by atoms with E-state index in [1.807, 2.05) is 13.0 Å². The van der Waals surface area contributed by atoms with Gasteiger partial charge in [-0.15, -0.1) is 0 Å². The van der Waals surface area contributed by atoms with Gasteiger partial charge in [0.1, 0.15) is 0 Å². The van der Waals surface area contributed by atoms with E-state index < -0.39 is 40.5 Å². The minimum absolute atomic E-state index is 0.0647. The number of aliphatic carboxylic acids is 1. The van der Waals surface area contributed by atoms with Gasteiger partial charge in [-0.25, -0.2) is 5.43 Å². The van der Waals surface area contributed by atoms with Crippen molar-refractivity contribution in [2.75, 3.05) is 35.6 Å². The van der Waals surface area contributed by atoms with Crippen LogP contribution in [0.25, 0.3) is 0 Å². The van der Waals surface area contributed by atoms with Crippen LogP contribution in [0.4, 0.5) is 24.5 Å². The predicted octanol–water partition coefficient (Wildman–Crippen LogP) is 7.24. The Labute approximate surface area is 310 Å². The smallest absolute Gasteiger partial charge is 0.417 e. The molecule has 0 aromatic heterocycles. The summed E-state index contributed by atoms with van der Waals surface area (Å²) >= 11 is 7.22. The zero-order valence-corrected chi connectivity index (χ0v) is 30.4. The lowest BCUT2D eigenvalue weighted by Gasteiger charge is -2.29. The topological polar surface area (TPSA) is 163 Å². The third kappa shape index (κ3) is 11.2. The maximum atomic E-state index is 13.7. The fourth-order valence-electron chi connectivity index (χ4n) is 5.86. The molecule has 10 nitrogen and oxygen atoms in total. The Hall–Kier alpha value is -4.11. The molecule has 4 rings (SSSR count). The predicted molar refractivity (Wildman–Crippen MR) is 202 cm³/mol. The van der Waals surface area contributed by atoms with Crippen molar-refractivity contribution in [3.8, 4) is 0 Å². The lowest BCUT2D eigenvalue weighted by Crippen LogP contribution is -2.31. The number of carboxylic acids is 1. The third-order valence-electron chi connectivity index (χ3n) is 8.71. The van der Waals surface area contributed by atoms with E-state index in [4.69, 9.17) is 23.1 Å². The van der Waals surface area contributed by atoms with Crippen molar-refractivity contribution in [1.82, 2.24) is 5.43 Å². The van der Waals surface area contributed by atoms with E-state index in [2.05, 4.69) is 20.7 Å². The van der Waals surface area contributed by atoms with E-state index in [0.717, 1.165) is 69.2 Å². The number of alkyl halides is 3. The molecule has 1 aliphatic rings. The molecule has 280 valence electrons. The van der Waals surface area contributed by atoms with E-state index >= 15 is 0 Å². The van der Waals surface area contributed by atoms with Crippen molar-refractivity contribution in [3.05, 3.63) is 93.0 Å². The zero-order valence-electron chi connectivity index (χ0n) is 28.8. The molecule has 0 radical (unpaired) electrons. The van der Waals surface area contributed by atoms with Gasteiger partial charge in [0.2, 0.25) is 0 Å². The molecule has 0 spiro atoms. The highest BCUT2D eigenvalue weighted by atomic mass is 35.5. The molecule has 52 heavy (non-hydrogen) atoms. The Morgan fingerprint density at radius 3 is 2.48 bits per heavy atom. The van der Waals surface area contributed by atoms with Gasteiger partial charge in [-0.05, 0) is 84.8 Å². The number of halogens is 4. The van der Waals surface area contributed by atoms with Crippen LogP contribution in [0, 0.1) is 0 Å². The molecule has 2 amide bonds. The Kier molecular flexibility index (Phi) is 14.9. The molecule has 1 fully saturated rings. The first-order chi connectivity index (χ1) is 24.8. The second kappa shape index (κ2) is 19.1. The van der Waals surface area contributed by atoms with Gasteiger partial charge < -0.3 is 26.8 Å². The third-order valence-corrected chi connectivity index (χ3v) is 10.2. The number of thioether (sulfide) groups is 1. The van der Waals surface area contributed by atoms with Gasteiger partial charge in [0, 0.05) is 48.4 Å². The van der Waals surface area contributed by atoms with Crippen LogP contribution in [0.2, 0.25) is 5.02 Å². The van der Waals surface area contributed by atoms with Crippen molar-refractivity contribution < 1.29 is 32.7 Å². The summed E-state index contributed by atoms with van der Waals surface area (Å²) in [6.45, 7) is 3.88. The van der Waals surface area contributed by atoms with E-state index in [-0.39, 0.29) is 28.4 Å². The summed E-state index contributed by atoms with van der Waals surface area (Å²) in [5.41, 5.74) is 15.7. The normalized spacial score (nSPS) is 14.6. The average molecular weight is 761 g/mol. The highest BCUT2D eigenvalue weighted by molar-refractivity contribution is 7.98. The van der Waals surface area contributed by atoms with Gasteiger partial charge in [0.05, 0.1) is 34.0 Å². The number of carbonyl (C=O) groups is 3. The summed E-state index contributed by atoms with van der Waals surface area (Å²) in [4.78, 5) is 41.7. The largest absolute Gasteiger partial charge is 0.481 e. The second-order valence-electron chi connectivity index (χ2n) is 12.6. The van der Waals surface area contributed by atoms with Crippen molar-refractivity contribution in [1.29, 1.82) is 0 Å². The number of hydrogen-bond donors (Lipinski definition) is 5. The lowest BCUT2D eigenvalue weighted by molar-refractivity contribution is -0.139. The van der Waals surface area contributed by atoms with E-state index in [0.29, 0.717) is 35.6 Å². The number of piperidine rings is 1. The number of hydrogen-bond acceptors (Lipinski definition) is 8. The Balaban J connectivity index is 1.63. The molecule has 1 saturated heterocycles. The fourth-order valence-corrected chi connectivity index (χ4v) is 7.11. The molecule has 1 heterocycles. The van der Waals surface area contributed by atoms with Crippen molar-refractivity contribution >= 4 is 58.7 Å². The molecule has 3 aromatic carbocycles. The van der Waals surface area contributed by atoms with Crippen LogP contribution in [-0.2, 0) is 16.7 Å². The SMILES string of the molecule is CCCCC(C(=O)O)c1ccc(C(=O)Nc2ccc(N3CCCCC3)cc2C(=O)N/N=C/c2ccc(Cl)c(C(F)(F)F)c2)cc1CSC[C@@H](N)CN. The summed E-state index contributed by atoms with van der Waals surface area (Å²) in [7, 11) is 0. The Morgan fingerprint density at radius 2 is 1.81 bits per heavy atom. The number of anilines is 2. The number of carbonyl (C=O) groups excluding carboxylic acids is 2. The van der Waals surface area contributed by atoms with Gasteiger partial charge >= 0.3 is 12.1 Å². The van der Waals surface area contributed by atoms with Crippen LogP contribution < -0.4 is 27.1 Å². The summed E-state index contributed by atoms with van der Waals surface area (Å²) in [6.07, 6.45) is 1.47. The van der Waals surface area contributed by atoms with E-state index in [1.54, 1.807) is 30.3 Å². The average Bonchev–Trinajstić information content (AvgIpc) is 3.12. The number of nitrogens with zero attached hydrogens (tertiary/aromatic N) is 2. The molecule has 1 unspecified atom stereocenters. The molecular weight excluding hydrogens is 717 g/mol. The highest BCUT2D eigenvalue weighted by Crippen LogP contribution is 2.35. The van der Waals surface area contributed by atoms with Crippen LogP contribution in [0.3, 0.4) is 0 Å². The first kappa shape index (κ1) is 40.7. The molecule has 15 heteroatoms. The molecule has 3 aromatic rings. The summed E-state index contributed by atoms with van der Waals surface area (Å²) < 4.78 is 40.0.